The molecule has 0 spiro atoms. The van der Waals surface area contributed by atoms with Crippen LogP contribution in [0.5, 0.6) is 0 Å². The Labute approximate surface area is 126 Å². The fourth-order valence-corrected chi connectivity index (χ4v) is 1.78. The maximum absolute atomic E-state index is 11.9. The molecule has 0 aliphatic carbocycles. The second-order valence-corrected chi connectivity index (χ2v) is 4.65. The number of carboxylic acid groups (broad SMARTS) is 1. The number of carbonyl (C=O) groups is 2. The van der Waals surface area contributed by atoms with Crippen LogP contribution in [0.25, 0.3) is 6.08 Å². The molecule has 2 rings (SSSR count). The minimum Gasteiger partial charge on any atom is -0.543 e. The zero-order valence-electron chi connectivity index (χ0n) is 10.9. The Morgan fingerprint density at radius 1 is 1.00 bits per heavy atom. The Hall–Kier alpha value is -2.59. The molecule has 2 aromatic carbocycles. The third-order valence-corrected chi connectivity index (χ3v) is 2.94. The predicted molar refractivity (Wildman–Crippen MR) is 78.3 cm³/mol. The van der Waals surface area contributed by atoms with Crippen LogP contribution in [0.1, 0.15) is 15.9 Å². The molecule has 21 heavy (non-hydrogen) atoms. The van der Waals surface area contributed by atoms with Gasteiger partial charge in [0, 0.05) is 10.6 Å². The van der Waals surface area contributed by atoms with Crippen molar-refractivity contribution in [1.29, 1.82) is 0 Å². The lowest BCUT2D eigenvalue weighted by atomic mass is 10.1. The van der Waals surface area contributed by atoms with Crippen LogP contribution in [0.3, 0.4) is 0 Å². The van der Waals surface area contributed by atoms with Crippen molar-refractivity contribution in [2.45, 2.75) is 0 Å². The van der Waals surface area contributed by atoms with Gasteiger partial charge in [0.05, 0.1) is 11.7 Å². The van der Waals surface area contributed by atoms with Crippen LogP contribution in [0.2, 0.25) is 5.02 Å². The Morgan fingerprint density at radius 2 is 1.62 bits per heavy atom. The third-order valence-electron chi connectivity index (χ3n) is 2.69. The highest BCUT2D eigenvalue weighted by Crippen LogP contribution is 2.12. The Balaban J connectivity index is 2.22. The number of aliphatic carboxylic acids is 1. The molecule has 1 N–H and O–H groups in total. The average Bonchev–Trinajstić information content (AvgIpc) is 2.49. The molecule has 0 atom stereocenters. The lowest BCUT2D eigenvalue weighted by Gasteiger charge is -2.11. The fraction of sp³-hybridized carbons (Fsp3) is 0. The van der Waals surface area contributed by atoms with Gasteiger partial charge >= 0.3 is 0 Å². The van der Waals surface area contributed by atoms with Crippen LogP contribution in [-0.2, 0) is 4.79 Å². The van der Waals surface area contributed by atoms with E-state index in [0.29, 0.717) is 16.1 Å². The number of amides is 1. The first-order chi connectivity index (χ1) is 10.1. The Morgan fingerprint density at radius 3 is 2.19 bits per heavy atom. The van der Waals surface area contributed by atoms with E-state index < -0.39 is 11.9 Å². The van der Waals surface area contributed by atoms with Crippen LogP contribution in [0.15, 0.2) is 60.3 Å². The molecule has 4 nitrogen and oxygen atoms in total. The van der Waals surface area contributed by atoms with E-state index in [9.17, 15) is 14.7 Å². The molecule has 2 aromatic rings. The first-order valence-corrected chi connectivity index (χ1v) is 6.49. The molecule has 0 aliphatic rings. The quantitative estimate of drug-likeness (QED) is 0.876. The van der Waals surface area contributed by atoms with Crippen LogP contribution < -0.4 is 10.4 Å². The van der Waals surface area contributed by atoms with Gasteiger partial charge in [-0.3, -0.25) is 4.79 Å². The fourth-order valence-electron chi connectivity index (χ4n) is 1.66. The molecule has 0 aliphatic heterocycles. The van der Waals surface area contributed by atoms with Gasteiger partial charge in [-0.05, 0) is 35.9 Å². The number of carbonyl (C=O) groups excluding carboxylic acids is 2. The SMILES string of the molecule is O=C([O-])/C(=C\c1ccc(Cl)cc1)NC(=O)c1ccccc1. The van der Waals surface area contributed by atoms with Gasteiger partial charge in [-0.1, -0.05) is 41.9 Å². The molecule has 0 saturated heterocycles. The summed E-state index contributed by atoms with van der Waals surface area (Å²) >= 11 is 5.76. The number of nitrogens with one attached hydrogen (secondary N) is 1. The highest BCUT2D eigenvalue weighted by Gasteiger charge is 2.08. The summed E-state index contributed by atoms with van der Waals surface area (Å²) < 4.78 is 0. The molecule has 0 heterocycles. The summed E-state index contributed by atoms with van der Waals surface area (Å²) in [5.74, 6) is -1.98. The van der Waals surface area contributed by atoms with Gasteiger partial charge < -0.3 is 15.2 Å². The molecule has 0 radical (unpaired) electrons. The summed E-state index contributed by atoms with van der Waals surface area (Å²) in [6.07, 6.45) is 1.31. The van der Waals surface area contributed by atoms with Crippen molar-refractivity contribution in [2.24, 2.45) is 0 Å². The van der Waals surface area contributed by atoms with Gasteiger partial charge in [0.25, 0.3) is 5.91 Å². The lowest BCUT2D eigenvalue weighted by molar-refractivity contribution is -0.299. The van der Waals surface area contributed by atoms with E-state index in [0.717, 1.165) is 0 Å². The summed E-state index contributed by atoms with van der Waals surface area (Å²) in [5, 5.41) is 14.0. The van der Waals surface area contributed by atoms with Gasteiger partial charge in [-0.2, -0.15) is 0 Å². The topological polar surface area (TPSA) is 69.2 Å². The average molecular weight is 301 g/mol. The van der Waals surface area contributed by atoms with Crippen LogP contribution in [-0.4, -0.2) is 11.9 Å². The Kier molecular flexibility index (Phi) is 4.74. The van der Waals surface area contributed by atoms with Crippen molar-refractivity contribution in [3.05, 3.63) is 76.4 Å². The van der Waals surface area contributed by atoms with Gasteiger partial charge in [0.15, 0.2) is 0 Å². The summed E-state index contributed by atoms with van der Waals surface area (Å²) in [7, 11) is 0. The normalized spacial score (nSPS) is 11.0. The molecule has 0 aromatic heterocycles. The number of halogens is 1. The number of carboxylic acids is 1. The van der Waals surface area contributed by atoms with Gasteiger partial charge in [-0.15, -0.1) is 0 Å². The zero-order chi connectivity index (χ0) is 15.2. The molecular formula is C16H11ClNO3-. The number of hydrogen-bond acceptors (Lipinski definition) is 3. The maximum Gasteiger partial charge on any atom is 0.255 e. The number of rotatable bonds is 4. The lowest BCUT2D eigenvalue weighted by Crippen LogP contribution is -2.35. The van der Waals surface area contributed by atoms with E-state index in [1.807, 2.05) is 0 Å². The van der Waals surface area contributed by atoms with Crippen molar-refractivity contribution in [1.82, 2.24) is 5.32 Å². The largest absolute Gasteiger partial charge is 0.543 e. The van der Waals surface area contributed by atoms with E-state index in [2.05, 4.69) is 5.32 Å². The summed E-state index contributed by atoms with van der Waals surface area (Å²) in [6.45, 7) is 0. The number of benzene rings is 2. The second-order valence-electron chi connectivity index (χ2n) is 4.22. The standard InChI is InChI=1S/C16H12ClNO3/c17-13-8-6-11(7-9-13)10-14(16(20)21)18-15(19)12-4-2-1-3-5-12/h1-10H,(H,18,19)(H,20,21)/p-1/b14-10+. The molecule has 106 valence electrons. The van der Waals surface area contributed by atoms with Crippen molar-refractivity contribution in [3.8, 4) is 0 Å². The smallest absolute Gasteiger partial charge is 0.255 e. The summed E-state index contributed by atoms with van der Waals surface area (Å²) in [5.41, 5.74) is 0.638. The van der Waals surface area contributed by atoms with Crippen molar-refractivity contribution in [2.75, 3.05) is 0 Å². The molecule has 1 amide bonds. The molecule has 0 unspecified atom stereocenters. The molecule has 0 saturated carbocycles. The number of hydrogen-bond donors (Lipinski definition) is 1. The van der Waals surface area contributed by atoms with Crippen LogP contribution in [0, 0.1) is 0 Å². The first kappa shape index (κ1) is 14.8. The Bertz CT molecular complexity index is 678. The molecule has 5 heteroatoms. The highest BCUT2D eigenvalue weighted by molar-refractivity contribution is 6.30. The minimum atomic E-state index is -1.46. The van der Waals surface area contributed by atoms with Crippen molar-refractivity contribution < 1.29 is 14.7 Å². The zero-order valence-corrected chi connectivity index (χ0v) is 11.6. The first-order valence-electron chi connectivity index (χ1n) is 6.11. The van der Waals surface area contributed by atoms with Crippen molar-refractivity contribution >= 4 is 29.6 Å². The van der Waals surface area contributed by atoms with Gasteiger partial charge in [-0.25, -0.2) is 0 Å². The van der Waals surface area contributed by atoms with Gasteiger partial charge in [0.1, 0.15) is 0 Å². The van der Waals surface area contributed by atoms with E-state index in [1.54, 1.807) is 54.6 Å². The van der Waals surface area contributed by atoms with E-state index in [4.69, 9.17) is 11.6 Å². The maximum atomic E-state index is 11.9. The molecular weight excluding hydrogens is 290 g/mol. The molecule has 0 bridgehead atoms. The highest BCUT2D eigenvalue weighted by atomic mass is 35.5. The van der Waals surface area contributed by atoms with E-state index in [-0.39, 0.29) is 5.70 Å². The molecule has 0 fully saturated rings. The second kappa shape index (κ2) is 6.72. The third kappa shape index (κ3) is 4.19. The minimum absolute atomic E-state index is 0.314. The van der Waals surface area contributed by atoms with E-state index in [1.165, 1.54) is 6.08 Å². The van der Waals surface area contributed by atoms with Crippen molar-refractivity contribution in [3.63, 3.8) is 0 Å². The monoisotopic (exact) mass is 300 g/mol. The summed E-state index contributed by atoms with van der Waals surface area (Å²) in [6, 6.07) is 14.8. The van der Waals surface area contributed by atoms with Crippen LogP contribution in [0.4, 0.5) is 0 Å². The predicted octanol–water partition coefficient (Wildman–Crippen LogP) is 1.86. The summed E-state index contributed by atoms with van der Waals surface area (Å²) in [4.78, 5) is 23.1. The van der Waals surface area contributed by atoms with E-state index >= 15 is 0 Å². The van der Waals surface area contributed by atoms with Crippen LogP contribution >= 0.6 is 11.6 Å². The van der Waals surface area contributed by atoms with Gasteiger partial charge in [0.2, 0.25) is 0 Å².